The van der Waals surface area contributed by atoms with Gasteiger partial charge in [-0.05, 0) is 48.2 Å². The van der Waals surface area contributed by atoms with Gasteiger partial charge >= 0.3 is 0 Å². The molecule has 0 radical (unpaired) electrons. The molecule has 8 nitrogen and oxygen atoms in total. The normalized spacial score (nSPS) is 17.2. The Hall–Kier alpha value is -3.76. The first-order chi connectivity index (χ1) is 18.6. The van der Waals surface area contributed by atoms with Crippen LogP contribution in [0.2, 0.25) is 0 Å². The van der Waals surface area contributed by atoms with Crippen molar-refractivity contribution in [3.63, 3.8) is 0 Å². The zero-order valence-electron chi connectivity index (χ0n) is 22.3. The van der Waals surface area contributed by atoms with Gasteiger partial charge in [-0.3, -0.25) is 0 Å². The van der Waals surface area contributed by atoms with Crippen molar-refractivity contribution < 1.29 is 22.0 Å². The van der Waals surface area contributed by atoms with Crippen LogP contribution in [-0.4, -0.2) is 42.6 Å². The number of nitrogens with zero attached hydrogens (tertiary/aromatic N) is 4. The first-order valence-electron chi connectivity index (χ1n) is 12.8. The monoisotopic (exact) mass is 550 g/mol. The molecule has 0 unspecified atom stereocenters. The standard InChI is InChI=1S/C29H31FN4O4S/c1-19(2)14-24-17-34(23-8-6-5-7-9-23)26-16-27(37-18-29-32-31-20(3)38-29)25(21-10-12-22(30)13-11-21)15-28(26)39(35,36)33(24)4/h5-13,15-16,19,24H,14,17-18H2,1-4H3/t24-/m1/s1. The number of aromatic nitrogens is 2. The van der Waals surface area contributed by atoms with E-state index in [4.69, 9.17) is 9.15 Å². The van der Waals surface area contributed by atoms with Crippen LogP contribution >= 0.6 is 0 Å². The van der Waals surface area contributed by atoms with Gasteiger partial charge in [0.15, 0.2) is 6.61 Å². The van der Waals surface area contributed by atoms with Crippen LogP contribution in [0.25, 0.3) is 11.1 Å². The van der Waals surface area contributed by atoms with Gasteiger partial charge in [0.25, 0.3) is 5.89 Å². The van der Waals surface area contributed by atoms with E-state index in [1.165, 1.54) is 16.4 Å². The largest absolute Gasteiger partial charge is 0.483 e. The first-order valence-corrected chi connectivity index (χ1v) is 14.2. The van der Waals surface area contributed by atoms with Crippen LogP contribution in [-0.2, 0) is 16.6 Å². The van der Waals surface area contributed by atoms with E-state index in [-0.39, 0.29) is 29.4 Å². The quantitative estimate of drug-likeness (QED) is 0.281. The lowest BCUT2D eigenvalue weighted by molar-refractivity contribution is 0.261. The van der Waals surface area contributed by atoms with Gasteiger partial charge in [0, 0.05) is 43.9 Å². The Labute approximate surface area is 228 Å². The summed E-state index contributed by atoms with van der Waals surface area (Å²) in [6.45, 7) is 6.31. The van der Waals surface area contributed by atoms with Gasteiger partial charge in [0.05, 0.1) is 5.69 Å². The molecule has 0 saturated heterocycles. The smallest absolute Gasteiger partial charge is 0.253 e. The van der Waals surface area contributed by atoms with Crippen LogP contribution in [0.1, 0.15) is 32.0 Å². The maximum atomic E-state index is 14.1. The molecule has 1 atom stereocenters. The van der Waals surface area contributed by atoms with Crippen molar-refractivity contribution in [1.82, 2.24) is 14.5 Å². The van der Waals surface area contributed by atoms with Gasteiger partial charge in [0.1, 0.15) is 16.5 Å². The lowest BCUT2D eigenvalue weighted by atomic mass is 10.0. The molecule has 10 heteroatoms. The molecule has 4 aromatic rings. The highest BCUT2D eigenvalue weighted by molar-refractivity contribution is 7.89. The Kier molecular flexibility index (Phi) is 7.42. The molecule has 0 saturated carbocycles. The van der Waals surface area contributed by atoms with E-state index in [0.29, 0.717) is 41.4 Å². The van der Waals surface area contributed by atoms with E-state index in [9.17, 15) is 12.8 Å². The van der Waals surface area contributed by atoms with Crippen molar-refractivity contribution in [1.29, 1.82) is 0 Å². The average Bonchev–Trinajstić information content (AvgIpc) is 3.31. The fourth-order valence-corrected chi connectivity index (χ4v) is 6.43. The van der Waals surface area contributed by atoms with E-state index < -0.39 is 15.8 Å². The van der Waals surface area contributed by atoms with Crippen molar-refractivity contribution in [2.75, 3.05) is 18.5 Å². The van der Waals surface area contributed by atoms with Crippen LogP contribution in [0.15, 0.2) is 76.0 Å². The number of anilines is 2. The third kappa shape index (κ3) is 5.53. The molecule has 0 aliphatic carbocycles. The maximum absolute atomic E-state index is 14.1. The summed E-state index contributed by atoms with van der Waals surface area (Å²) in [5, 5.41) is 7.86. The molecule has 39 heavy (non-hydrogen) atoms. The third-order valence-electron chi connectivity index (χ3n) is 6.80. The summed E-state index contributed by atoms with van der Waals surface area (Å²) in [5.74, 6) is 1.01. The SMILES string of the molecule is Cc1nnc(COc2cc3c(cc2-c2ccc(F)cc2)S(=O)(=O)N(C)[C@H](CC(C)C)CN3c2ccccc2)o1. The topological polar surface area (TPSA) is 88.8 Å². The van der Waals surface area contributed by atoms with Gasteiger partial charge in [-0.25, -0.2) is 12.8 Å². The highest BCUT2D eigenvalue weighted by Crippen LogP contribution is 2.44. The summed E-state index contributed by atoms with van der Waals surface area (Å²) in [5.41, 5.74) is 2.49. The van der Waals surface area contributed by atoms with Gasteiger partial charge in [-0.15, -0.1) is 10.2 Å². The molecule has 2 heterocycles. The fourth-order valence-electron chi connectivity index (χ4n) is 4.87. The number of hydrogen-bond acceptors (Lipinski definition) is 7. The summed E-state index contributed by atoms with van der Waals surface area (Å²) >= 11 is 0. The minimum Gasteiger partial charge on any atom is -0.483 e. The Morgan fingerprint density at radius 3 is 2.44 bits per heavy atom. The molecular weight excluding hydrogens is 519 g/mol. The average molecular weight is 551 g/mol. The van der Waals surface area contributed by atoms with Gasteiger partial charge < -0.3 is 14.1 Å². The predicted octanol–water partition coefficient (Wildman–Crippen LogP) is 5.95. The van der Waals surface area contributed by atoms with Crippen LogP contribution in [0, 0.1) is 18.7 Å². The summed E-state index contributed by atoms with van der Waals surface area (Å²) in [7, 11) is -2.25. The van der Waals surface area contributed by atoms with Crippen molar-refractivity contribution in [3.8, 4) is 16.9 Å². The van der Waals surface area contributed by atoms with E-state index in [1.54, 1.807) is 38.2 Å². The molecule has 1 aromatic heterocycles. The van der Waals surface area contributed by atoms with Crippen LogP contribution in [0.5, 0.6) is 5.75 Å². The predicted molar refractivity (Wildman–Crippen MR) is 147 cm³/mol. The van der Waals surface area contributed by atoms with Crippen LogP contribution in [0.3, 0.4) is 0 Å². The second kappa shape index (κ2) is 10.8. The maximum Gasteiger partial charge on any atom is 0.253 e. The van der Waals surface area contributed by atoms with Gasteiger partial charge in [-0.1, -0.05) is 44.2 Å². The van der Waals surface area contributed by atoms with Crippen LogP contribution in [0.4, 0.5) is 15.8 Å². The summed E-state index contributed by atoms with van der Waals surface area (Å²) in [6.07, 6.45) is 0.692. The third-order valence-corrected chi connectivity index (χ3v) is 8.74. The van der Waals surface area contributed by atoms with Gasteiger partial charge in [-0.2, -0.15) is 4.31 Å². The number of halogens is 1. The van der Waals surface area contributed by atoms with Crippen molar-refractivity contribution >= 4 is 21.4 Å². The lowest BCUT2D eigenvalue weighted by Gasteiger charge is -2.30. The molecule has 0 fully saturated rings. The second-order valence-electron chi connectivity index (χ2n) is 10.1. The summed E-state index contributed by atoms with van der Waals surface area (Å²) in [6, 6.07) is 18.7. The molecule has 0 bridgehead atoms. The Bertz CT molecular complexity index is 1560. The molecule has 3 aromatic carbocycles. The number of benzene rings is 3. The van der Waals surface area contributed by atoms with E-state index >= 15 is 0 Å². The zero-order valence-corrected chi connectivity index (χ0v) is 23.2. The number of likely N-dealkylation sites (N-methyl/N-ethyl adjacent to an activating group) is 1. The molecule has 204 valence electrons. The number of rotatable bonds is 7. The molecule has 1 aliphatic rings. The number of sulfonamides is 1. The van der Waals surface area contributed by atoms with E-state index in [2.05, 4.69) is 24.0 Å². The minimum absolute atomic E-state index is 0.0121. The molecule has 1 aliphatic heterocycles. The van der Waals surface area contributed by atoms with Crippen molar-refractivity contribution in [3.05, 3.63) is 84.3 Å². The molecule has 5 rings (SSSR count). The lowest BCUT2D eigenvalue weighted by Crippen LogP contribution is -2.41. The number of hydrogen-bond donors (Lipinski definition) is 0. The Balaban J connectivity index is 1.72. The zero-order chi connectivity index (χ0) is 27.7. The van der Waals surface area contributed by atoms with E-state index in [0.717, 1.165) is 5.69 Å². The Morgan fingerprint density at radius 2 is 1.79 bits per heavy atom. The molecule has 0 spiro atoms. The fraction of sp³-hybridized carbons (Fsp3) is 0.310. The number of ether oxygens (including phenoxy) is 1. The molecule has 0 amide bonds. The molecular formula is C29H31FN4O4S. The highest BCUT2D eigenvalue weighted by atomic mass is 32.2. The Morgan fingerprint density at radius 1 is 1.08 bits per heavy atom. The second-order valence-corrected chi connectivity index (χ2v) is 12.0. The summed E-state index contributed by atoms with van der Waals surface area (Å²) in [4.78, 5) is 2.18. The van der Waals surface area contributed by atoms with Crippen molar-refractivity contribution in [2.24, 2.45) is 5.92 Å². The highest BCUT2D eigenvalue weighted by Gasteiger charge is 2.38. The van der Waals surface area contributed by atoms with E-state index in [1.807, 2.05) is 35.2 Å². The van der Waals surface area contributed by atoms with Crippen molar-refractivity contribution in [2.45, 2.75) is 44.7 Å². The van der Waals surface area contributed by atoms with Gasteiger partial charge in [0.2, 0.25) is 15.9 Å². The summed E-state index contributed by atoms with van der Waals surface area (Å²) < 4.78 is 55.1. The number of fused-ring (bicyclic) bond motifs is 1. The number of para-hydroxylation sites is 1. The minimum atomic E-state index is -3.89. The first kappa shape index (κ1) is 26.8. The van der Waals surface area contributed by atoms with Crippen LogP contribution < -0.4 is 9.64 Å². The molecule has 0 N–H and O–H groups in total. The number of aryl methyl sites for hydroxylation is 1.